The zero-order chi connectivity index (χ0) is 24.3. The molecule has 0 saturated carbocycles. The SMILES string of the molecule is CC(C)(C)c1cc2c3c(c1)-n1nc(C(C)(C)C)c4cc5ccccc5c(c41)B3c1ccccc1S2. The van der Waals surface area contributed by atoms with Crippen LogP contribution < -0.4 is 16.4 Å². The van der Waals surface area contributed by atoms with Gasteiger partial charge in [-0.15, -0.1) is 0 Å². The zero-order valence-electron chi connectivity index (χ0n) is 21.2. The summed E-state index contributed by atoms with van der Waals surface area (Å²) in [4.78, 5) is 2.74. The quantitative estimate of drug-likeness (QED) is 0.250. The third-order valence-corrected chi connectivity index (χ3v) is 8.83. The fourth-order valence-corrected chi connectivity index (χ4v) is 7.18. The molecule has 0 unspecified atom stereocenters. The van der Waals surface area contributed by atoms with Gasteiger partial charge in [-0.1, -0.05) is 101 Å². The Hall–Kier alpha value is -2.98. The van der Waals surface area contributed by atoms with Gasteiger partial charge in [0.05, 0.1) is 16.9 Å². The van der Waals surface area contributed by atoms with Crippen LogP contribution in [0.15, 0.2) is 76.5 Å². The molecule has 172 valence electrons. The lowest BCUT2D eigenvalue weighted by atomic mass is 9.34. The van der Waals surface area contributed by atoms with Crippen molar-refractivity contribution in [3.63, 3.8) is 0 Å². The molecular weight excluding hydrogens is 443 g/mol. The van der Waals surface area contributed by atoms with Gasteiger partial charge in [0.25, 0.3) is 6.71 Å². The van der Waals surface area contributed by atoms with Crippen LogP contribution in [-0.2, 0) is 10.8 Å². The first kappa shape index (κ1) is 21.3. The summed E-state index contributed by atoms with van der Waals surface area (Å²) >= 11 is 1.92. The van der Waals surface area contributed by atoms with Crippen LogP contribution >= 0.6 is 11.8 Å². The Bertz CT molecular complexity index is 1700. The van der Waals surface area contributed by atoms with Gasteiger partial charge in [0.2, 0.25) is 0 Å². The molecule has 2 nitrogen and oxygen atoms in total. The fraction of sp³-hybridized carbons (Fsp3) is 0.258. The van der Waals surface area contributed by atoms with Crippen molar-refractivity contribution < 1.29 is 0 Å². The van der Waals surface area contributed by atoms with Crippen molar-refractivity contribution in [1.29, 1.82) is 0 Å². The maximum absolute atomic E-state index is 5.38. The molecule has 0 saturated heterocycles. The van der Waals surface area contributed by atoms with Gasteiger partial charge in [0, 0.05) is 20.6 Å². The number of hydrogen-bond acceptors (Lipinski definition) is 2. The summed E-state index contributed by atoms with van der Waals surface area (Å²) in [5.74, 6) is 0. The minimum atomic E-state index is -0.0550. The van der Waals surface area contributed by atoms with E-state index in [1.807, 2.05) is 11.8 Å². The number of nitrogens with zero attached hydrogens (tertiary/aromatic N) is 2. The van der Waals surface area contributed by atoms with Crippen LogP contribution in [0.5, 0.6) is 0 Å². The summed E-state index contributed by atoms with van der Waals surface area (Å²) in [6.45, 7) is 14.0. The van der Waals surface area contributed by atoms with Gasteiger partial charge in [-0.3, -0.25) is 0 Å². The van der Waals surface area contributed by atoms with E-state index in [-0.39, 0.29) is 17.5 Å². The average molecular weight is 472 g/mol. The number of rotatable bonds is 0. The van der Waals surface area contributed by atoms with Crippen molar-refractivity contribution >= 4 is 56.5 Å². The van der Waals surface area contributed by atoms with Gasteiger partial charge in [0.1, 0.15) is 0 Å². The molecule has 0 radical (unpaired) electrons. The first-order valence-electron chi connectivity index (χ1n) is 12.5. The molecule has 4 heteroatoms. The summed E-state index contributed by atoms with van der Waals surface area (Å²) in [6, 6.07) is 25.1. The lowest BCUT2D eigenvalue weighted by Gasteiger charge is -2.34. The molecule has 5 aromatic rings. The van der Waals surface area contributed by atoms with Crippen LogP contribution in [-0.4, -0.2) is 16.5 Å². The Morgan fingerprint density at radius 1 is 0.743 bits per heavy atom. The van der Waals surface area contributed by atoms with E-state index in [0.29, 0.717) is 0 Å². The second kappa shape index (κ2) is 6.82. The molecule has 0 aliphatic carbocycles. The number of benzene rings is 4. The molecule has 3 heterocycles. The van der Waals surface area contributed by atoms with Gasteiger partial charge >= 0.3 is 0 Å². The molecule has 0 spiro atoms. The molecule has 0 fully saturated rings. The first-order valence-corrected chi connectivity index (χ1v) is 13.3. The normalized spacial score (nSPS) is 14.4. The second-order valence-electron chi connectivity index (χ2n) is 12.1. The van der Waals surface area contributed by atoms with Gasteiger partial charge in [-0.2, -0.15) is 5.10 Å². The van der Waals surface area contributed by atoms with E-state index in [1.54, 1.807) is 0 Å². The van der Waals surface area contributed by atoms with Gasteiger partial charge < -0.3 is 0 Å². The van der Waals surface area contributed by atoms with Crippen molar-refractivity contribution in [2.24, 2.45) is 0 Å². The number of hydrogen-bond donors (Lipinski definition) is 0. The van der Waals surface area contributed by atoms with E-state index >= 15 is 0 Å². The van der Waals surface area contributed by atoms with Crippen LogP contribution in [0.1, 0.15) is 52.8 Å². The Labute approximate surface area is 211 Å². The number of aromatic nitrogens is 2. The van der Waals surface area contributed by atoms with Crippen molar-refractivity contribution in [3.8, 4) is 5.69 Å². The molecule has 1 aromatic heterocycles. The van der Waals surface area contributed by atoms with Crippen LogP contribution in [0.3, 0.4) is 0 Å². The van der Waals surface area contributed by atoms with Crippen molar-refractivity contribution in [1.82, 2.24) is 9.78 Å². The van der Waals surface area contributed by atoms with E-state index in [1.165, 1.54) is 64.8 Å². The van der Waals surface area contributed by atoms with Crippen LogP contribution in [0.2, 0.25) is 0 Å². The topological polar surface area (TPSA) is 17.8 Å². The lowest BCUT2D eigenvalue weighted by Crippen LogP contribution is -2.59. The summed E-state index contributed by atoms with van der Waals surface area (Å²) in [7, 11) is 0. The molecule has 2 aliphatic rings. The summed E-state index contributed by atoms with van der Waals surface area (Å²) in [6.07, 6.45) is 0. The first-order chi connectivity index (χ1) is 16.6. The third-order valence-electron chi connectivity index (χ3n) is 7.68. The van der Waals surface area contributed by atoms with Crippen LogP contribution in [0.25, 0.3) is 27.4 Å². The highest BCUT2D eigenvalue weighted by molar-refractivity contribution is 8.00. The highest BCUT2D eigenvalue weighted by atomic mass is 32.2. The van der Waals surface area contributed by atoms with E-state index in [0.717, 1.165) is 0 Å². The Balaban J connectivity index is 1.73. The predicted octanol–water partition coefficient (Wildman–Crippen LogP) is 6.07. The maximum atomic E-state index is 5.38. The summed E-state index contributed by atoms with van der Waals surface area (Å²) in [5, 5.41) is 9.30. The van der Waals surface area contributed by atoms with E-state index in [4.69, 9.17) is 5.10 Å². The van der Waals surface area contributed by atoms with Crippen molar-refractivity contribution in [3.05, 3.63) is 78.0 Å². The highest BCUT2D eigenvalue weighted by Crippen LogP contribution is 2.40. The third kappa shape index (κ3) is 2.89. The maximum Gasteiger partial charge on any atom is 0.250 e. The monoisotopic (exact) mass is 472 g/mol. The Morgan fingerprint density at radius 2 is 1.49 bits per heavy atom. The van der Waals surface area contributed by atoms with E-state index < -0.39 is 0 Å². The Morgan fingerprint density at radius 3 is 2.26 bits per heavy atom. The lowest BCUT2D eigenvalue weighted by molar-refractivity contribution is 0.564. The molecule has 2 aliphatic heterocycles. The molecule has 7 rings (SSSR count). The van der Waals surface area contributed by atoms with Gasteiger partial charge in [-0.05, 0) is 56.9 Å². The highest BCUT2D eigenvalue weighted by Gasteiger charge is 2.42. The molecule has 0 atom stereocenters. The average Bonchev–Trinajstić information content (AvgIpc) is 3.20. The molecule has 0 N–H and O–H groups in total. The van der Waals surface area contributed by atoms with Crippen LogP contribution in [0, 0.1) is 0 Å². The minimum absolute atomic E-state index is 0.0550. The van der Waals surface area contributed by atoms with Crippen molar-refractivity contribution in [2.75, 3.05) is 0 Å². The summed E-state index contributed by atoms with van der Waals surface area (Å²) < 4.78 is 2.29. The molecular formula is C31H29BN2S. The second-order valence-corrected chi connectivity index (χ2v) is 13.2. The summed E-state index contributed by atoms with van der Waals surface area (Å²) in [5.41, 5.74) is 9.31. The fourth-order valence-electron chi connectivity index (χ4n) is 5.98. The molecule has 35 heavy (non-hydrogen) atoms. The minimum Gasteiger partial charge on any atom is -0.234 e. The molecule has 0 amide bonds. The van der Waals surface area contributed by atoms with Gasteiger partial charge in [-0.25, -0.2) is 4.68 Å². The van der Waals surface area contributed by atoms with Crippen molar-refractivity contribution in [2.45, 2.75) is 62.2 Å². The molecule has 4 aromatic carbocycles. The van der Waals surface area contributed by atoms with Crippen LogP contribution in [0.4, 0.5) is 0 Å². The van der Waals surface area contributed by atoms with E-state index in [9.17, 15) is 0 Å². The number of fused-ring (bicyclic) bond motifs is 6. The smallest absolute Gasteiger partial charge is 0.234 e. The zero-order valence-corrected chi connectivity index (χ0v) is 22.0. The largest absolute Gasteiger partial charge is 0.250 e. The molecule has 0 bridgehead atoms. The standard InChI is InChI=1S/C31H29BN2S/c1-30(2,3)19-16-23-27-25(17-19)35-24-14-10-9-13-22(24)32(27)26-20-12-8-7-11-18(20)15-21-28(26)34(23)33-29(21)31(4,5)6/h7-17H,1-6H3. The van der Waals surface area contributed by atoms with E-state index in [2.05, 4.69) is 113 Å². The Kier molecular flexibility index (Phi) is 4.16. The predicted molar refractivity (Wildman–Crippen MR) is 151 cm³/mol. The van der Waals surface area contributed by atoms with Gasteiger partial charge in [0.15, 0.2) is 0 Å².